The second-order valence-corrected chi connectivity index (χ2v) is 5.28. The molecule has 0 aliphatic carbocycles. The summed E-state index contributed by atoms with van der Waals surface area (Å²) < 4.78 is 0. The van der Waals surface area contributed by atoms with Crippen LogP contribution < -0.4 is 5.32 Å². The Labute approximate surface area is 109 Å². The molecule has 0 fully saturated rings. The summed E-state index contributed by atoms with van der Waals surface area (Å²) in [5, 5.41) is 13.0. The molecule has 0 bridgehead atoms. The van der Waals surface area contributed by atoms with Gasteiger partial charge < -0.3 is 10.4 Å². The summed E-state index contributed by atoms with van der Waals surface area (Å²) in [6, 6.07) is 7.96. The van der Waals surface area contributed by atoms with Gasteiger partial charge in [-0.05, 0) is 57.4 Å². The lowest BCUT2D eigenvalue weighted by molar-refractivity contribution is 0.281. The van der Waals surface area contributed by atoms with E-state index < -0.39 is 0 Å². The van der Waals surface area contributed by atoms with Crippen molar-refractivity contribution in [3.05, 3.63) is 34.9 Å². The molecule has 0 radical (unpaired) electrons. The summed E-state index contributed by atoms with van der Waals surface area (Å²) in [6.45, 7) is 5.56. The molecule has 0 saturated carbocycles. The van der Waals surface area contributed by atoms with Crippen LogP contribution in [0.25, 0.3) is 0 Å². The highest BCUT2D eigenvalue weighted by molar-refractivity contribution is 6.30. The molecule has 0 aliphatic heterocycles. The molecule has 2 N–H and O–H groups in total. The molecular formula is C14H22ClNO. The van der Waals surface area contributed by atoms with Crippen LogP contribution >= 0.6 is 11.6 Å². The minimum absolute atomic E-state index is 0.0654. The molecule has 1 rings (SSSR count). The Bertz CT molecular complexity index is 339. The molecule has 0 saturated heterocycles. The number of benzene rings is 1. The third-order valence-corrected chi connectivity index (χ3v) is 3.18. The second-order valence-electron chi connectivity index (χ2n) is 4.85. The van der Waals surface area contributed by atoms with Crippen molar-refractivity contribution in [2.45, 2.75) is 38.6 Å². The maximum Gasteiger partial charge on any atom is 0.0431 e. The SMILES string of the molecule is CC(C)(NCCCCCO)c1cccc(Cl)c1. The van der Waals surface area contributed by atoms with Crippen molar-refractivity contribution in [2.24, 2.45) is 0 Å². The van der Waals surface area contributed by atoms with Gasteiger partial charge in [0.25, 0.3) is 0 Å². The van der Waals surface area contributed by atoms with E-state index in [0.29, 0.717) is 0 Å². The lowest BCUT2D eigenvalue weighted by Crippen LogP contribution is -2.37. The topological polar surface area (TPSA) is 32.3 Å². The van der Waals surface area contributed by atoms with Gasteiger partial charge in [0.1, 0.15) is 0 Å². The predicted molar refractivity (Wildman–Crippen MR) is 73.4 cm³/mol. The number of aliphatic hydroxyl groups excluding tert-OH is 1. The first-order valence-electron chi connectivity index (χ1n) is 6.18. The van der Waals surface area contributed by atoms with E-state index in [1.807, 2.05) is 18.2 Å². The van der Waals surface area contributed by atoms with Crippen molar-refractivity contribution in [1.29, 1.82) is 0 Å². The fourth-order valence-corrected chi connectivity index (χ4v) is 1.98. The minimum Gasteiger partial charge on any atom is -0.396 e. The van der Waals surface area contributed by atoms with Crippen LogP contribution in [0.5, 0.6) is 0 Å². The van der Waals surface area contributed by atoms with Gasteiger partial charge in [0.05, 0.1) is 0 Å². The molecule has 2 nitrogen and oxygen atoms in total. The summed E-state index contributed by atoms with van der Waals surface area (Å²) in [6.07, 6.45) is 3.04. The molecular weight excluding hydrogens is 234 g/mol. The van der Waals surface area contributed by atoms with Crippen LogP contribution in [0.3, 0.4) is 0 Å². The average molecular weight is 256 g/mol. The molecule has 0 aliphatic rings. The van der Waals surface area contributed by atoms with Crippen LogP contribution in [-0.2, 0) is 5.54 Å². The number of unbranched alkanes of at least 4 members (excludes halogenated alkanes) is 2. The Balaban J connectivity index is 2.45. The zero-order valence-corrected chi connectivity index (χ0v) is 11.4. The van der Waals surface area contributed by atoms with Crippen LogP contribution in [-0.4, -0.2) is 18.3 Å². The van der Waals surface area contributed by atoms with E-state index in [1.165, 1.54) is 5.56 Å². The van der Waals surface area contributed by atoms with Crippen LogP contribution in [0.15, 0.2) is 24.3 Å². The Morgan fingerprint density at radius 2 is 2.00 bits per heavy atom. The number of rotatable bonds is 7. The lowest BCUT2D eigenvalue weighted by Gasteiger charge is -2.27. The molecule has 0 heterocycles. The van der Waals surface area contributed by atoms with Crippen LogP contribution in [0.1, 0.15) is 38.7 Å². The van der Waals surface area contributed by atoms with Crippen LogP contribution in [0, 0.1) is 0 Å². The van der Waals surface area contributed by atoms with Crippen LogP contribution in [0.4, 0.5) is 0 Å². The van der Waals surface area contributed by atoms with E-state index >= 15 is 0 Å². The van der Waals surface area contributed by atoms with Gasteiger partial charge in [0.15, 0.2) is 0 Å². The highest BCUT2D eigenvalue weighted by atomic mass is 35.5. The van der Waals surface area contributed by atoms with Gasteiger partial charge in [-0.15, -0.1) is 0 Å². The summed E-state index contributed by atoms with van der Waals surface area (Å²) in [7, 11) is 0. The maximum atomic E-state index is 8.70. The van der Waals surface area contributed by atoms with Crippen molar-refractivity contribution in [3.8, 4) is 0 Å². The zero-order chi connectivity index (χ0) is 12.7. The van der Waals surface area contributed by atoms with Gasteiger partial charge in [0, 0.05) is 17.2 Å². The first kappa shape index (κ1) is 14.5. The van der Waals surface area contributed by atoms with E-state index in [0.717, 1.165) is 30.8 Å². The first-order valence-corrected chi connectivity index (χ1v) is 6.56. The molecule has 3 heteroatoms. The molecule has 0 amide bonds. The zero-order valence-electron chi connectivity index (χ0n) is 10.7. The van der Waals surface area contributed by atoms with Gasteiger partial charge in [-0.2, -0.15) is 0 Å². The van der Waals surface area contributed by atoms with Crippen LogP contribution in [0.2, 0.25) is 5.02 Å². The van der Waals surface area contributed by atoms with E-state index in [4.69, 9.17) is 16.7 Å². The normalized spacial score (nSPS) is 11.8. The first-order chi connectivity index (χ1) is 8.06. The van der Waals surface area contributed by atoms with E-state index in [9.17, 15) is 0 Å². The lowest BCUT2D eigenvalue weighted by atomic mass is 9.94. The number of nitrogens with one attached hydrogen (secondary N) is 1. The number of hydrogen-bond acceptors (Lipinski definition) is 2. The number of halogens is 1. The fourth-order valence-electron chi connectivity index (χ4n) is 1.79. The molecule has 0 aromatic heterocycles. The van der Waals surface area contributed by atoms with Crippen molar-refractivity contribution in [1.82, 2.24) is 5.32 Å². The number of aliphatic hydroxyl groups is 1. The summed E-state index contributed by atoms with van der Waals surface area (Å²) in [4.78, 5) is 0. The van der Waals surface area contributed by atoms with Gasteiger partial charge in [-0.1, -0.05) is 23.7 Å². The predicted octanol–water partition coefficient (Wildman–Crippen LogP) is 3.33. The largest absolute Gasteiger partial charge is 0.396 e. The smallest absolute Gasteiger partial charge is 0.0431 e. The highest BCUT2D eigenvalue weighted by Crippen LogP contribution is 2.22. The molecule has 0 atom stereocenters. The van der Waals surface area contributed by atoms with Gasteiger partial charge in [0.2, 0.25) is 0 Å². The molecule has 17 heavy (non-hydrogen) atoms. The van der Waals surface area contributed by atoms with Gasteiger partial charge in [-0.3, -0.25) is 0 Å². The Morgan fingerprint density at radius 1 is 1.24 bits per heavy atom. The van der Waals surface area contributed by atoms with E-state index in [2.05, 4.69) is 25.2 Å². The van der Waals surface area contributed by atoms with E-state index in [1.54, 1.807) is 0 Å². The van der Waals surface area contributed by atoms with Gasteiger partial charge in [-0.25, -0.2) is 0 Å². The Hall–Kier alpha value is -0.570. The average Bonchev–Trinajstić information content (AvgIpc) is 2.29. The van der Waals surface area contributed by atoms with Crippen molar-refractivity contribution in [2.75, 3.05) is 13.2 Å². The third kappa shape index (κ3) is 5.07. The maximum absolute atomic E-state index is 8.70. The monoisotopic (exact) mass is 255 g/mol. The quantitative estimate of drug-likeness (QED) is 0.733. The Morgan fingerprint density at radius 3 is 2.65 bits per heavy atom. The highest BCUT2D eigenvalue weighted by Gasteiger charge is 2.19. The van der Waals surface area contributed by atoms with Crippen molar-refractivity contribution < 1.29 is 5.11 Å². The van der Waals surface area contributed by atoms with Crippen molar-refractivity contribution in [3.63, 3.8) is 0 Å². The molecule has 1 aromatic carbocycles. The summed E-state index contributed by atoms with van der Waals surface area (Å²) in [5.74, 6) is 0. The standard InChI is InChI=1S/C14H22ClNO/c1-14(2,16-9-4-3-5-10-17)12-7-6-8-13(15)11-12/h6-8,11,16-17H,3-5,9-10H2,1-2H3. The molecule has 96 valence electrons. The fraction of sp³-hybridized carbons (Fsp3) is 0.571. The summed E-state index contributed by atoms with van der Waals surface area (Å²) >= 11 is 6.00. The molecule has 1 aromatic rings. The summed E-state index contributed by atoms with van der Waals surface area (Å²) in [5.41, 5.74) is 1.14. The second kappa shape index (κ2) is 7.00. The van der Waals surface area contributed by atoms with Crippen molar-refractivity contribution >= 4 is 11.6 Å². The minimum atomic E-state index is -0.0654. The van der Waals surface area contributed by atoms with Gasteiger partial charge >= 0.3 is 0 Å². The van der Waals surface area contributed by atoms with E-state index in [-0.39, 0.29) is 12.1 Å². The Kier molecular flexibility index (Phi) is 5.96. The third-order valence-electron chi connectivity index (χ3n) is 2.95. The number of hydrogen-bond donors (Lipinski definition) is 2. The molecule has 0 unspecified atom stereocenters. The molecule has 0 spiro atoms.